The fraction of sp³-hybridized carbons (Fsp3) is 0.500. The Morgan fingerprint density at radius 3 is 2.50 bits per heavy atom. The first-order valence-corrected chi connectivity index (χ1v) is 6.18. The molecular weight excluding hydrogens is 229 g/mol. The molecule has 1 aromatic rings. The van der Waals surface area contributed by atoms with Crippen LogP contribution in [0.3, 0.4) is 0 Å². The number of likely N-dealkylation sites (N-methyl/N-ethyl adjacent to an activating group) is 1. The Hall–Kier alpha value is -1.60. The number of hydrogen-bond acceptors (Lipinski definition) is 3. The van der Waals surface area contributed by atoms with Crippen molar-refractivity contribution in [2.24, 2.45) is 0 Å². The second-order valence-corrected chi connectivity index (χ2v) is 4.54. The number of rotatable bonds is 6. The molecule has 0 saturated carbocycles. The van der Waals surface area contributed by atoms with Gasteiger partial charge in [-0.3, -0.25) is 0 Å². The van der Waals surface area contributed by atoms with Crippen LogP contribution in [0.25, 0.3) is 0 Å². The van der Waals surface area contributed by atoms with Gasteiger partial charge in [-0.1, -0.05) is 13.0 Å². The van der Waals surface area contributed by atoms with Crippen LogP contribution in [-0.2, 0) is 0 Å². The SMILES string of the molecule is CCCN(CCN(C)C)c1cccc(F)c1C#N. The summed E-state index contributed by atoms with van der Waals surface area (Å²) in [5.74, 6) is -0.444. The van der Waals surface area contributed by atoms with E-state index in [-0.39, 0.29) is 5.56 Å². The minimum absolute atomic E-state index is 0.143. The molecule has 0 radical (unpaired) electrons. The van der Waals surface area contributed by atoms with Gasteiger partial charge in [-0.15, -0.1) is 0 Å². The van der Waals surface area contributed by atoms with Crippen LogP contribution in [0.4, 0.5) is 10.1 Å². The number of nitrogens with zero attached hydrogens (tertiary/aromatic N) is 3. The number of anilines is 1. The lowest BCUT2D eigenvalue weighted by atomic mass is 10.1. The zero-order valence-corrected chi connectivity index (χ0v) is 11.3. The largest absolute Gasteiger partial charge is 0.369 e. The lowest BCUT2D eigenvalue weighted by molar-refractivity contribution is 0.413. The summed E-state index contributed by atoms with van der Waals surface area (Å²) in [6, 6.07) is 6.76. The summed E-state index contributed by atoms with van der Waals surface area (Å²) < 4.78 is 13.6. The molecule has 0 aliphatic rings. The van der Waals surface area contributed by atoms with Crippen molar-refractivity contribution < 1.29 is 4.39 Å². The minimum Gasteiger partial charge on any atom is -0.369 e. The molecular formula is C14H20FN3. The predicted octanol–water partition coefficient (Wildman–Crippen LogP) is 2.48. The van der Waals surface area contributed by atoms with Gasteiger partial charge in [0.15, 0.2) is 0 Å². The maximum absolute atomic E-state index is 13.6. The Labute approximate surface area is 108 Å². The molecule has 0 unspecified atom stereocenters. The van der Waals surface area contributed by atoms with Crippen LogP contribution in [0.5, 0.6) is 0 Å². The molecule has 1 rings (SSSR count). The smallest absolute Gasteiger partial charge is 0.143 e. The first kappa shape index (κ1) is 14.5. The van der Waals surface area contributed by atoms with Gasteiger partial charge in [0.2, 0.25) is 0 Å². The second kappa shape index (κ2) is 6.97. The third kappa shape index (κ3) is 3.71. The molecule has 0 heterocycles. The van der Waals surface area contributed by atoms with E-state index in [4.69, 9.17) is 5.26 Å². The highest BCUT2D eigenvalue weighted by atomic mass is 19.1. The van der Waals surface area contributed by atoms with Crippen molar-refractivity contribution in [3.05, 3.63) is 29.6 Å². The Kier molecular flexibility index (Phi) is 5.60. The molecule has 4 heteroatoms. The van der Waals surface area contributed by atoms with Gasteiger partial charge in [0.05, 0.1) is 5.69 Å². The van der Waals surface area contributed by atoms with Crippen LogP contribution in [0.2, 0.25) is 0 Å². The van der Waals surface area contributed by atoms with E-state index in [2.05, 4.69) is 16.7 Å². The quantitative estimate of drug-likeness (QED) is 0.776. The molecule has 0 aromatic heterocycles. The van der Waals surface area contributed by atoms with E-state index in [1.54, 1.807) is 6.07 Å². The lowest BCUT2D eigenvalue weighted by Gasteiger charge is -2.26. The van der Waals surface area contributed by atoms with Gasteiger partial charge in [0.1, 0.15) is 17.4 Å². The van der Waals surface area contributed by atoms with Crippen molar-refractivity contribution in [3.63, 3.8) is 0 Å². The Bertz CT molecular complexity index is 424. The van der Waals surface area contributed by atoms with E-state index in [1.165, 1.54) is 6.07 Å². The lowest BCUT2D eigenvalue weighted by Crippen LogP contribution is -2.33. The van der Waals surface area contributed by atoms with Gasteiger partial charge in [0.25, 0.3) is 0 Å². The summed E-state index contributed by atoms with van der Waals surface area (Å²) in [4.78, 5) is 4.15. The van der Waals surface area contributed by atoms with Crippen LogP contribution in [0, 0.1) is 17.1 Å². The Morgan fingerprint density at radius 2 is 1.94 bits per heavy atom. The molecule has 0 aliphatic heterocycles. The van der Waals surface area contributed by atoms with Crippen molar-refractivity contribution in [3.8, 4) is 6.07 Å². The van der Waals surface area contributed by atoms with Crippen molar-refractivity contribution >= 4 is 5.69 Å². The monoisotopic (exact) mass is 249 g/mol. The van der Waals surface area contributed by atoms with E-state index in [1.807, 2.05) is 26.2 Å². The predicted molar refractivity (Wildman–Crippen MR) is 72.2 cm³/mol. The second-order valence-electron chi connectivity index (χ2n) is 4.54. The summed E-state index contributed by atoms with van der Waals surface area (Å²) in [5.41, 5.74) is 0.839. The van der Waals surface area contributed by atoms with Gasteiger partial charge in [-0.2, -0.15) is 5.26 Å². The van der Waals surface area contributed by atoms with Gasteiger partial charge in [0, 0.05) is 19.6 Å². The third-order valence-electron chi connectivity index (χ3n) is 2.75. The third-order valence-corrected chi connectivity index (χ3v) is 2.75. The van der Waals surface area contributed by atoms with Crippen LogP contribution in [-0.4, -0.2) is 38.6 Å². The molecule has 18 heavy (non-hydrogen) atoms. The van der Waals surface area contributed by atoms with Crippen LogP contribution >= 0.6 is 0 Å². The van der Waals surface area contributed by atoms with Crippen LogP contribution in [0.15, 0.2) is 18.2 Å². The van der Waals surface area contributed by atoms with Gasteiger partial charge >= 0.3 is 0 Å². The summed E-state index contributed by atoms with van der Waals surface area (Å²) in [5, 5.41) is 9.07. The van der Waals surface area contributed by atoms with Crippen LogP contribution < -0.4 is 4.90 Å². The number of nitriles is 1. The molecule has 0 amide bonds. The Balaban J connectivity index is 2.98. The highest BCUT2D eigenvalue weighted by molar-refractivity contribution is 5.59. The van der Waals surface area contributed by atoms with E-state index < -0.39 is 5.82 Å². The zero-order valence-electron chi connectivity index (χ0n) is 11.3. The summed E-state index contributed by atoms with van der Waals surface area (Å²) >= 11 is 0. The molecule has 0 N–H and O–H groups in total. The van der Waals surface area contributed by atoms with Gasteiger partial charge in [-0.25, -0.2) is 4.39 Å². The average molecular weight is 249 g/mol. The highest BCUT2D eigenvalue weighted by Crippen LogP contribution is 2.22. The molecule has 0 atom stereocenters. The number of hydrogen-bond donors (Lipinski definition) is 0. The van der Waals surface area contributed by atoms with Crippen molar-refractivity contribution in [1.82, 2.24) is 4.90 Å². The van der Waals surface area contributed by atoms with E-state index in [0.29, 0.717) is 5.69 Å². The highest BCUT2D eigenvalue weighted by Gasteiger charge is 2.14. The number of halogens is 1. The van der Waals surface area contributed by atoms with E-state index in [9.17, 15) is 4.39 Å². The topological polar surface area (TPSA) is 30.3 Å². The van der Waals surface area contributed by atoms with Crippen molar-refractivity contribution in [2.75, 3.05) is 38.6 Å². The first-order chi connectivity index (χ1) is 8.60. The maximum atomic E-state index is 13.6. The molecule has 0 spiro atoms. The van der Waals surface area contributed by atoms with Gasteiger partial charge in [-0.05, 0) is 32.6 Å². The summed E-state index contributed by atoms with van der Waals surface area (Å²) in [6.07, 6.45) is 0.967. The van der Waals surface area contributed by atoms with E-state index in [0.717, 1.165) is 26.1 Å². The fourth-order valence-electron chi connectivity index (χ4n) is 1.83. The first-order valence-electron chi connectivity index (χ1n) is 6.18. The average Bonchev–Trinajstić information content (AvgIpc) is 2.34. The maximum Gasteiger partial charge on any atom is 0.143 e. The molecule has 0 bridgehead atoms. The molecule has 0 fully saturated rings. The number of benzene rings is 1. The summed E-state index contributed by atoms with van der Waals surface area (Å²) in [6.45, 7) is 4.57. The standard InChI is InChI=1S/C14H20FN3/c1-4-8-18(10-9-17(2)3)14-7-5-6-13(15)12(14)11-16/h5-7H,4,8-10H2,1-3H3. The van der Waals surface area contributed by atoms with Crippen LogP contribution in [0.1, 0.15) is 18.9 Å². The van der Waals surface area contributed by atoms with Gasteiger partial charge < -0.3 is 9.80 Å². The van der Waals surface area contributed by atoms with Crippen molar-refractivity contribution in [2.45, 2.75) is 13.3 Å². The molecule has 0 saturated heterocycles. The zero-order chi connectivity index (χ0) is 13.5. The minimum atomic E-state index is -0.444. The Morgan fingerprint density at radius 1 is 1.22 bits per heavy atom. The fourth-order valence-corrected chi connectivity index (χ4v) is 1.83. The normalized spacial score (nSPS) is 10.4. The van der Waals surface area contributed by atoms with Crippen molar-refractivity contribution in [1.29, 1.82) is 5.26 Å². The molecule has 0 aliphatic carbocycles. The molecule has 98 valence electrons. The molecule has 3 nitrogen and oxygen atoms in total. The van der Waals surface area contributed by atoms with E-state index >= 15 is 0 Å². The molecule has 1 aromatic carbocycles. The summed E-state index contributed by atoms with van der Waals surface area (Å²) in [7, 11) is 4.00.